The van der Waals surface area contributed by atoms with E-state index in [0.717, 1.165) is 10.5 Å². The summed E-state index contributed by atoms with van der Waals surface area (Å²) in [5.41, 5.74) is 1.51. The minimum Gasteiger partial charge on any atom is -0.352 e. The van der Waals surface area contributed by atoms with Crippen LogP contribution in [-0.2, 0) is 16.1 Å². The average Bonchev–Trinajstić information content (AvgIpc) is 3.22. The van der Waals surface area contributed by atoms with Crippen molar-refractivity contribution in [1.29, 1.82) is 0 Å². The van der Waals surface area contributed by atoms with Crippen LogP contribution in [0.15, 0.2) is 59.9 Å². The van der Waals surface area contributed by atoms with Crippen molar-refractivity contribution in [3.63, 3.8) is 0 Å². The van der Waals surface area contributed by atoms with Gasteiger partial charge in [0.05, 0.1) is 10.9 Å². The van der Waals surface area contributed by atoms with Crippen LogP contribution in [0.25, 0.3) is 5.82 Å². The Bertz CT molecular complexity index is 1020. The summed E-state index contributed by atoms with van der Waals surface area (Å²) in [6.07, 6.45) is 5.21. The molecule has 9 heteroatoms. The first-order valence-corrected chi connectivity index (χ1v) is 9.83. The largest absolute Gasteiger partial charge is 0.352 e. The van der Waals surface area contributed by atoms with E-state index in [4.69, 9.17) is 11.6 Å². The second kappa shape index (κ2) is 8.04. The second-order valence-electron chi connectivity index (χ2n) is 6.15. The van der Waals surface area contributed by atoms with Crippen molar-refractivity contribution < 1.29 is 9.59 Å². The van der Waals surface area contributed by atoms with Crippen LogP contribution < -0.4 is 10.6 Å². The zero-order valence-electron chi connectivity index (χ0n) is 14.6. The Balaban J connectivity index is 1.39. The predicted molar refractivity (Wildman–Crippen MR) is 108 cm³/mol. The van der Waals surface area contributed by atoms with Crippen LogP contribution in [0.1, 0.15) is 12.0 Å². The van der Waals surface area contributed by atoms with Crippen molar-refractivity contribution in [1.82, 2.24) is 20.1 Å². The van der Waals surface area contributed by atoms with Crippen molar-refractivity contribution in [2.75, 3.05) is 5.32 Å². The van der Waals surface area contributed by atoms with Crippen LogP contribution in [0.5, 0.6) is 0 Å². The molecule has 0 saturated carbocycles. The van der Waals surface area contributed by atoms with Gasteiger partial charge in [0.1, 0.15) is 0 Å². The number of amides is 2. The highest BCUT2D eigenvalue weighted by Gasteiger charge is 2.29. The number of hydrogen-bond acceptors (Lipinski definition) is 5. The van der Waals surface area contributed by atoms with Gasteiger partial charge in [-0.05, 0) is 30.3 Å². The number of halogens is 1. The number of hydrogen-bond donors (Lipinski definition) is 2. The molecule has 0 bridgehead atoms. The van der Waals surface area contributed by atoms with Gasteiger partial charge < -0.3 is 10.6 Å². The zero-order chi connectivity index (χ0) is 19.5. The van der Waals surface area contributed by atoms with Crippen LogP contribution in [-0.4, -0.2) is 31.8 Å². The zero-order valence-corrected chi connectivity index (χ0v) is 16.2. The standard InChI is InChI=1S/C19H16ClN5O2S/c20-13-4-5-15-14(9-13)24-19(27)16(28-15)10-17(26)22-11-12-3-1-6-21-18(12)25-8-2-7-23-25/h1-9,16H,10-11H2,(H,22,26)(H,24,27). The first-order valence-electron chi connectivity index (χ1n) is 8.58. The summed E-state index contributed by atoms with van der Waals surface area (Å²) in [6.45, 7) is 0.299. The number of pyridine rings is 1. The van der Waals surface area contributed by atoms with Crippen LogP contribution in [0.4, 0.5) is 5.69 Å². The van der Waals surface area contributed by atoms with Gasteiger partial charge in [-0.15, -0.1) is 11.8 Å². The maximum atomic E-state index is 12.4. The second-order valence-corrected chi connectivity index (χ2v) is 7.83. The molecular weight excluding hydrogens is 398 g/mol. The van der Waals surface area contributed by atoms with Gasteiger partial charge in [-0.2, -0.15) is 5.10 Å². The molecule has 0 aliphatic carbocycles. The molecule has 0 saturated heterocycles. The SMILES string of the molecule is O=C(CC1Sc2ccc(Cl)cc2NC1=O)NCc1cccnc1-n1cccn1. The summed E-state index contributed by atoms with van der Waals surface area (Å²) >= 11 is 7.33. The molecule has 7 nitrogen and oxygen atoms in total. The Labute approximate surface area is 170 Å². The summed E-state index contributed by atoms with van der Waals surface area (Å²) in [6, 6.07) is 10.8. The number of thioether (sulfide) groups is 1. The molecule has 1 aliphatic rings. The van der Waals surface area contributed by atoms with Crippen LogP contribution in [0.3, 0.4) is 0 Å². The predicted octanol–water partition coefficient (Wildman–Crippen LogP) is 3.04. The van der Waals surface area contributed by atoms with Crippen molar-refractivity contribution >= 4 is 40.9 Å². The number of fused-ring (bicyclic) bond motifs is 1. The van der Waals surface area contributed by atoms with E-state index in [0.29, 0.717) is 23.1 Å². The van der Waals surface area contributed by atoms with E-state index in [1.165, 1.54) is 11.8 Å². The number of nitrogens with one attached hydrogen (secondary N) is 2. The molecule has 0 fully saturated rings. The molecule has 0 spiro atoms. The molecule has 4 rings (SSSR count). The number of carbonyl (C=O) groups is 2. The van der Waals surface area contributed by atoms with Gasteiger partial charge in [-0.25, -0.2) is 9.67 Å². The van der Waals surface area contributed by atoms with E-state index < -0.39 is 5.25 Å². The third kappa shape index (κ3) is 4.02. The number of anilines is 1. The van der Waals surface area contributed by atoms with Crippen LogP contribution in [0, 0.1) is 0 Å². The lowest BCUT2D eigenvalue weighted by Gasteiger charge is -2.23. The molecule has 1 aromatic carbocycles. The van der Waals surface area contributed by atoms with E-state index in [1.54, 1.807) is 47.5 Å². The summed E-state index contributed by atoms with van der Waals surface area (Å²) in [4.78, 5) is 30.0. The lowest BCUT2D eigenvalue weighted by Crippen LogP contribution is -2.34. The fourth-order valence-electron chi connectivity index (χ4n) is 2.86. The van der Waals surface area contributed by atoms with Crippen molar-refractivity contribution in [3.8, 4) is 5.82 Å². The molecule has 3 heterocycles. The van der Waals surface area contributed by atoms with Gasteiger partial charge >= 0.3 is 0 Å². The first-order chi connectivity index (χ1) is 13.6. The number of aromatic nitrogens is 3. The number of nitrogens with zero attached hydrogens (tertiary/aromatic N) is 3. The maximum Gasteiger partial charge on any atom is 0.238 e. The average molecular weight is 414 g/mol. The Morgan fingerprint density at radius 3 is 3.00 bits per heavy atom. The Hall–Kier alpha value is -2.84. The summed E-state index contributed by atoms with van der Waals surface area (Å²) in [7, 11) is 0. The van der Waals surface area contributed by atoms with Gasteiger partial charge in [0.2, 0.25) is 11.8 Å². The molecule has 142 valence electrons. The smallest absolute Gasteiger partial charge is 0.238 e. The number of rotatable bonds is 5. The monoisotopic (exact) mass is 413 g/mol. The fourth-order valence-corrected chi connectivity index (χ4v) is 4.12. The van der Waals surface area contributed by atoms with Crippen molar-refractivity contribution in [2.24, 2.45) is 0 Å². The Kier molecular flexibility index (Phi) is 5.31. The summed E-state index contributed by atoms with van der Waals surface area (Å²) in [5.74, 6) is 0.247. The summed E-state index contributed by atoms with van der Waals surface area (Å²) in [5, 5.41) is 9.92. The minimum atomic E-state index is -0.492. The van der Waals surface area contributed by atoms with E-state index >= 15 is 0 Å². The summed E-state index contributed by atoms with van der Waals surface area (Å²) < 4.78 is 1.65. The molecule has 3 aromatic rings. The highest BCUT2D eigenvalue weighted by atomic mass is 35.5. The van der Waals surface area contributed by atoms with Gasteiger partial charge in [0.15, 0.2) is 5.82 Å². The van der Waals surface area contributed by atoms with E-state index in [2.05, 4.69) is 20.7 Å². The number of carbonyl (C=O) groups excluding carboxylic acids is 2. The maximum absolute atomic E-state index is 12.4. The van der Waals surface area contributed by atoms with Gasteiger partial charge in [0.25, 0.3) is 0 Å². The van der Waals surface area contributed by atoms with E-state index in [9.17, 15) is 9.59 Å². The number of benzene rings is 1. The molecule has 0 radical (unpaired) electrons. The molecular formula is C19H16ClN5O2S. The molecule has 1 atom stereocenters. The molecule has 28 heavy (non-hydrogen) atoms. The molecule has 2 N–H and O–H groups in total. The first kappa shape index (κ1) is 18.5. The lowest BCUT2D eigenvalue weighted by molar-refractivity contribution is -0.124. The van der Waals surface area contributed by atoms with Crippen LogP contribution >= 0.6 is 23.4 Å². The Morgan fingerprint density at radius 1 is 1.29 bits per heavy atom. The molecule has 2 aromatic heterocycles. The van der Waals surface area contributed by atoms with Crippen molar-refractivity contribution in [2.45, 2.75) is 23.1 Å². The normalized spacial score (nSPS) is 15.6. The highest BCUT2D eigenvalue weighted by molar-refractivity contribution is 8.01. The van der Waals surface area contributed by atoms with E-state index in [-0.39, 0.29) is 18.2 Å². The quantitative estimate of drug-likeness (QED) is 0.671. The van der Waals surface area contributed by atoms with Crippen LogP contribution in [0.2, 0.25) is 5.02 Å². The molecule has 1 aliphatic heterocycles. The Morgan fingerprint density at radius 2 is 2.18 bits per heavy atom. The molecule has 1 unspecified atom stereocenters. The minimum absolute atomic E-state index is 0.0793. The van der Waals surface area contributed by atoms with Gasteiger partial charge in [-0.1, -0.05) is 17.7 Å². The van der Waals surface area contributed by atoms with Crippen molar-refractivity contribution in [3.05, 3.63) is 65.6 Å². The fraction of sp³-hybridized carbons (Fsp3) is 0.158. The lowest BCUT2D eigenvalue weighted by atomic mass is 10.2. The van der Waals surface area contributed by atoms with E-state index in [1.807, 2.05) is 12.1 Å². The van der Waals surface area contributed by atoms with Gasteiger partial charge in [-0.3, -0.25) is 9.59 Å². The third-order valence-corrected chi connectivity index (χ3v) is 5.71. The highest BCUT2D eigenvalue weighted by Crippen LogP contribution is 2.38. The third-order valence-electron chi connectivity index (χ3n) is 4.20. The van der Waals surface area contributed by atoms with Gasteiger partial charge in [0, 0.05) is 47.0 Å². The topological polar surface area (TPSA) is 88.9 Å². The molecule has 2 amide bonds.